The van der Waals surface area contributed by atoms with Crippen LogP contribution in [0.4, 0.5) is 0 Å². The molecule has 0 aromatic carbocycles. The Bertz CT molecular complexity index is 580. The lowest BCUT2D eigenvalue weighted by atomic mass is 9.63. The van der Waals surface area contributed by atoms with Gasteiger partial charge in [-0.05, 0) is 99.2 Å². The first kappa shape index (κ1) is 32.7. The van der Waals surface area contributed by atoms with Gasteiger partial charge < -0.3 is 9.47 Å². The molecule has 0 N–H and O–H groups in total. The molecule has 9 atom stereocenters. The second-order valence-corrected chi connectivity index (χ2v) is 13.8. The summed E-state index contributed by atoms with van der Waals surface area (Å²) in [5.41, 5.74) is 0.441. The highest BCUT2D eigenvalue weighted by Crippen LogP contribution is 2.60. The fourth-order valence-electron chi connectivity index (χ4n) is 9.44. The molecule has 0 spiro atoms. The largest absolute Gasteiger partial charge is 0.371 e. The predicted molar refractivity (Wildman–Crippen MR) is 159 cm³/mol. The maximum absolute atomic E-state index is 6.46. The highest BCUT2D eigenvalue weighted by molar-refractivity contribution is 14.0. The molecule has 2 heterocycles. The fraction of sp³-hybridized carbons (Fsp3) is 1.00. The van der Waals surface area contributed by atoms with Crippen molar-refractivity contribution < 1.29 is 9.47 Å². The van der Waals surface area contributed by atoms with Crippen LogP contribution in [-0.4, -0.2) is 23.4 Å². The summed E-state index contributed by atoms with van der Waals surface area (Å²) in [6.45, 7) is 25.9. The molecule has 4 bridgehead atoms. The molecule has 0 aromatic rings. The molecular weight excluding hydrogens is 531 g/mol. The van der Waals surface area contributed by atoms with Gasteiger partial charge in [-0.1, -0.05) is 76.2 Å². The normalized spacial score (nSPS) is 42.6. The number of hydrogen-bond donors (Lipinski definition) is 0. The van der Waals surface area contributed by atoms with Crippen molar-refractivity contribution in [2.24, 2.45) is 53.3 Å². The summed E-state index contributed by atoms with van der Waals surface area (Å²) in [5.74, 6) is 7.12. The van der Waals surface area contributed by atoms with E-state index in [1.54, 1.807) is 0 Å². The molecular formula is C31H61IO2. The van der Waals surface area contributed by atoms with E-state index in [9.17, 15) is 0 Å². The second-order valence-electron chi connectivity index (χ2n) is 13.8. The van der Waals surface area contributed by atoms with E-state index in [1.807, 2.05) is 0 Å². The first-order valence-electron chi connectivity index (χ1n) is 14.2. The van der Waals surface area contributed by atoms with Gasteiger partial charge in [0.2, 0.25) is 0 Å². The number of halogens is 1. The summed E-state index contributed by atoms with van der Waals surface area (Å²) < 4.78 is 12.9. The quantitative estimate of drug-likeness (QED) is 0.286. The molecule has 9 unspecified atom stereocenters. The molecule has 4 rings (SSSR count). The Morgan fingerprint density at radius 1 is 0.735 bits per heavy atom. The maximum atomic E-state index is 6.46. The third-order valence-electron chi connectivity index (χ3n) is 9.48. The van der Waals surface area contributed by atoms with Gasteiger partial charge in [-0.3, -0.25) is 0 Å². The van der Waals surface area contributed by atoms with E-state index in [-0.39, 0.29) is 42.6 Å². The molecule has 2 nitrogen and oxygen atoms in total. The lowest BCUT2D eigenvalue weighted by molar-refractivity contribution is -0.0967. The Labute approximate surface area is 231 Å². The van der Waals surface area contributed by atoms with Crippen molar-refractivity contribution in [3.8, 4) is 0 Å². The van der Waals surface area contributed by atoms with Crippen LogP contribution in [0.3, 0.4) is 0 Å². The minimum Gasteiger partial charge on any atom is -0.371 e. The van der Waals surface area contributed by atoms with E-state index >= 15 is 0 Å². The first-order valence-corrected chi connectivity index (χ1v) is 14.2. The number of hydrogen-bond acceptors (Lipinski definition) is 2. The predicted octanol–water partition coefficient (Wildman–Crippen LogP) is 9.63. The summed E-state index contributed by atoms with van der Waals surface area (Å²) in [6, 6.07) is 0. The van der Waals surface area contributed by atoms with Crippen molar-refractivity contribution in [3.05, 3.63) is 0 Å². The van der Waals surface area contributed by atoms with Gasteiger partial charge in [-0.25, -0.2) is 0 Å². The first-order chi connectivity index (χ1) is 14.8. The zero-order valence-electron chi connectivity index (χ0n) is 23.8. The highest BCUT2D eigenvalue weighted by Gasteiger charge is 2.61. The van der Waals surface area contributed by atoms with Crippen molar-refractivity contribution in [1.29, 1.82) is 0 Å². The minimum absolute atomic E-state index is 0. The molecule has 3 heteroatoms. The van der Waals surface area contributed by atoms with Crippen LogP contribution in [-0.2, 0) is 9.47 Å². The van der Waals surface area contributed by atoms with E-state index in [4.69, 9.17) is 9.47 Å². The standard InChI is InChI=1S/2C15H28O.CH4.HI/c1-9(2)7-15-8-11(5)13(12(6)16-15)14(15)10(3)4;1-10(2)9-15-8-6-7-13(12(5)16-15)14(15)11(3)4;;/h9-14H,7-8H2,1-6H3;10-14H,6-9H2,1-5H3;1H4;1H. The Hall–Kier alpha value is 0.650. The van der Waals surface area contributed by atoms with Crippen LogP contribution in [0.5, 0.6) is 0 Å². The van der Waals surface area contributed by atoms with E-state index in [0.29, 0.717) is 12.2 Å². The monoisotopic (exact) mass is 592 g/mol. The molecule has 0 aromatic heterocycles. The van der Waals surface area contributed by atoms with Crippen molar-refractivity contribution in [3.63, 3.8) is 0 Å². The Morgan fingerprint density at radius 3 is 1.71 bits per heavy atom. The lowest BCUT2D eigenvalue weighted by Gasteiger charge is -2.43. The summed E-state index contributed by atoms with van der Waals surface area (Å²) in [4.78, 5) is 0. The Kier molecular flexibility index (Phi) is 12.0. The third kappa shape index (κ3) is 6.20. The maximum Gasteiger partial charge on any atom is 0.0725 e. The fourth-order valence-corrected chi connectivity index (χ4v) is 9.44. The van der Waals surface area contributed by atoms with Gasteiger partial charge in [0.1, 0.15) is 0 Å². The highest BCUT2D eigenvalue weighted by atomic mass is 127. The van der Waals surface area contributed by atoms with Crippen molar-refractivity contribution in [1.82, 2.24) is 0 Å². The molecule has 0 radical (unpaired) electrons. The molecule has 2 aliphatic carbocycles. The molecule has 2 aliphatic heterocycles. The summed E-state index contributed by atoms with van der Waals surface area (Å²) >= 11 is 0. The van der Waals surface area contributed by atoms with Crippen LogP contribution in [0.1, 0.15) is 122 Å². The zero-order valence-corrected chi connectivity index (χ0v) is 26.1. The molecule has 34 heavy (non-hydrogen) atoms. The zero-order chi connectivity index (χ0) is 24.0. The van der Waals surface area contributed by atoms with Gasteiger partial charge in [0.05, 0.1) is 23.4 Å². The van der Waals surface area contributed by atoms with Crippen LogP contribution in [0.2, 0.25) is 0 Å². The summed E-state index contributed by atoms with van der Waals surface area (Å²) in [7, 11) is 0. The van der Waals surface area contributed by atoms with Crippen LogP contribution >= 0.6 is 24.0 Å². The van der Waals surface area contributed by atoms with Gasteiger partial charge in [-0.2, -0.15) is 0 Å². The van der Waals surface area contributed by atoms with Crippen LogP contribution in [0, 0.1) is 53.3 Å². The Morgan fingerprint density at radius 2 is 1.24 bits per heavy atom. The van der Waals surface area contributed by atoms with Crippen molar-refractivity contribution in [2.75, 3.05) is 0 Å². The topological polar surface area (TPSA) is 18.5 Å². The molecule has 2 saturated heterocycles. The molecule has 204 valence electrons. The molecule has 4 fully saturated rings. The summed E-state index contributed by atoms with van der Waals surface area (Å²) in [5, 5.41) is 0. The van der Waals surface area contributed by atoms with Gasteiger partial charge in [0.15, 0.2) is 0 Å². The lowest BCUT2D eigenvalue weighted by Crippen LogP contribution is -2.43. The van der Waals surface area contributed by atoms with Crippen molar-refractivity contribution >= 4 is 24.0 Å². The minimum atomic E-state index is 0. The van der Waals surface area contributed by atoms with E-state index in [2.05, 4.69) is 76.2 Å². The summed E-state index contributed by atoms with van der Waals surface area (Å²) in [6.07, 6.45) is 8.85. The average molecular weight is 593 g/mol. The molecule has 4 aliphatic rings. The van der Waals surface area contributed by atoms with E-state index in [0.717, 1.165) is 53.3 Å². The third-order valence-corrected chi connectivity index (χ3v) is 9.48. The van der Waals surface area contributed by atoms with E-state index < -0.39 is 0 Å². The van der Waals surface area contributed by atoms with Crippen LogP contribution < -0.4 is 0 Å². The van der Waals surface area contributed by atoms with Gasteiger partial charge in [0, 0.05) is 0 Å². The molecule has 0 amide bonds. The smallest absolute Gasteiger partial charge is 0.0725 e. The number of fused-ring (bicyclic) bond motifs is 4. The van der Waals surface area contributed by atoms with Gasteiger partial charge in [0.25, 0.3) is 0 Å². The second kappa shape index (κ2) is 12.5. The van der Waals surface area contributed by atoms with E-state index in [1.165, 1.54) is 38.5 Å². The van der Waals surface area contributed by atoms with Gasteiger partial charge >= 0.3 is 0 Å². The number of rotatable bonds is 6. The van der Waals surface area contributed by atoms with Crippen LogP contribution in [0.25, 0.3) is 0 Å². The SMILES string of the molecule is C.CC(C)CC12CC(C)C(C(C)O1)C2C(C)C.CC(C)CC12CCCC(C(C)O1)C2C(C)C.I. The van der Waals surface area contributed by atoms with Crippen molar-refractivity contribution in [2.45, 2.75) is 146 Å². The molecule has 2 saturated carbocycles. The van der Waals surface area contributed by atoms with Gasteiger partial charge in [-0.15, -0.1) is 24.0 Å². The number of ether oxygens (including phenoxy) is 2. The Balaban J connectivity index is 0.000000321. The van der Waals surface area contributed by atoms with Crippen LogP contribution in [0.15, 0.2) is 0 Å². The average Bonchev–Trinajstić information content (AvgIpc) is 3.12.